The maximum Gasteiger partial charge on any atom is 0.123 e. The minimum absolute atomic E-state index is 0.158. The summed E-state index contributed by atoms with van der Waals surface area (Å²) in [7, 11) is 2.15. The minimum atomic E-state index is -0.158. The number of piperazine rings is 1. The maximum absolute atomic E-state index is 12.7. The van der Waals surface area contributed by atoms with Crippen LogP contribution in [0.1, 0.15) is 5.56 Å². The van der Waals surface area contributed by atoms with Crippen LogP contribution in [0, 0.1) is 5.82 Å². The molecule has 0 amide bonds. The summed E-state index contributed by atoms with van der Waals surface area (Å²) in [6.45, 7) is 3.18. The molecule has 0 radical (unpaired) electrons. The van der Waals surface area contributed by atoms with E-state index in [1.165, 1.54) is 17.7 Å². The Hall–Kier alpha value is -0.930. The Morgan fingerprint density at radius 2 is 2.13 bits per heavy atom. The van der Waals surface area contributed by atoms with Crippen LogP contribution in [0.4, 0.5) is 4.39 Å². The van der Waals surface area contributed by atoms with Gasteiger partial charge in [-0.15, -0.1) is 0 Å². The first kappa shape index (κ1) is 10.6. The highest BCUT2D eigenvalue weighted by Crippen LogP contribution is 2.10. The molecule has 2 nitrogen and oxygen atoms in total. The van der Waals surface area contributed by atoms with Crippen molar-refractivity contribution in [3.05, 3.63) is 35.6 Å². The zero-order chi connectivity index (χ0) is 10.7. The van der Waals surface area contributed by atoms with Crippen LogP contribution >= 0.6 is 0 Å². The van der Waals surface area contributed by atoms with Crippen LogP contribution in [0.3, 0.4) is 0 Å². The van der Waals surface area contributed by atoms with Crippen molar-refractivity contribution in [1.29, 1.82) is 0 Å². The molecule has 1 saturated heterocycles. The molecule has 1 aliphatic heterocycles. The molecule has 1 aromatic carbocycles. The zero-order valence-electron chi connectivity index (χ0n) is 9.04. The van der Waals surface area contributed by atoms with Gasteiger partial charge >= 0.3 is 0 Å². The first-order chi connectivity index (χ1) is 7.25. The SMILES string of the molecule is CN1CCNCC1Cc1ccc(F)cc1. The van der Waals surface area contributed by atoms with Crippen LogP contribution in [0.25, 0.3) is 0 Å². The summed E-state index contributed by atoms with van der Waals surface area (Å²) >= 11 is 0. The lowest BCUT2D eigenvalue weighted by atomic mass is 10.0. The van der Waals surface area contributed by atoms with Gasteiger partial charge in [-0.2, -0.15) is 0 Å². The molecule has 0 spiro atoms. The van der Waals surface area contributed by atoms with Gasteiger partial charge in [-0.1, -0.05) is 12.1 Å². The largest absolute Gasteiger partial charge is 0.314 e. The second-order valence-corrected chi connectivity index (χ2v) is 4.17. The van der Waals surface area contributed by atoms with Gasteiger partial charge in [-0.25, -0.2) is 4.39 Å². The average Bonchev–Trinajstić information content (AvgIpc) is 2.25. The molecule has 0 saturated carbocycles. The highest BCUT2D eigenvalue weighted by atomic mass is 19.1. The van der Waals surface area contributed by atoms with Gasteiger partial charge in [-0.3, -0.25) is 0 Å². The third-order valence-electron chi connectivity index (χ3n) is 3.03. The van der Waals surface area contributed by atoms with E-state index in [-0.39, 0.29) is 5.82 Å². The van der Waals surface area contributed by atoms with E-state index >= 15 is 0 Å². The fourth-order valence-corrected chi connectivity index (χ4v) is 1.98. The number of hydrogen-bond donors (Lipinski definition) is 1. The van der Waals surface area contributed by atoms with Gasteiger partial charge in [0.1, 0.15) is 5.82 Å². The number of hydrogen-bond acceptors (Lipinski definition) is 2. The Labute approximate surface area is 90.1 Å². The molecule has 0 aliphatic carbocycles. The molecule has 1 fully saturated rings. The second-order valence-electron chi connectivity index (χ2n) is 4.17. The van der Waals surface area contributed by atoms with Crippen LogP contribution < -0.4 is 5.32 Å². The molecule has 3 heteroatoms. The van der Waals surface area contributed by atoms with Crippen molar-refractivity contribution in [2.24, 2.45) is 0 Å². The Balaban J connectivity index is 1.98. The molecule has 1 N–H and O–H groups in total. The molecule has 1 unspecified atom stereocenters. The van der Waals surface area contributed by atoms with Crippen LogP contribution in [-0.4, -0.2) is 37.6 Å². The smallest absolute Gasteiger partial charge is 0.123 e. The third kappa shape index (κ3) is 2.76. The highest BCUT2D eigenvalue weighted by molar-refractivity contribution is 5.17. The lowest BCUT2D eigenvalue weighted by Crippen LogP contribution is -2.50. The van der Waals surface area contributed by atoms with Crippen LogP contribution in [-0.2, 0) is 6.42 Å². The van der Waals surface area contributed by atoms with Gasteiger partial charge in [0.05, 0.1) is 0 Å². The minimum Gasteiger partial charge on any atom is -0.314 e. The number of rotatable bonds is 2. The van der Waals surface area contributed by atoms with E-state index < -0.39 is 0 Å². The zero-order valence-corrected chi connectivity index (χ0v) is 9.04. The van der Waals surface area contributed by atoms with E-state index in [0.29, 0.717) is 6.04 Å². The molecule has 1 aliphatic rings. The van der Waals surface area contributed by atoms with Crippen molar-refractivity contribution < 1.29 is 4.39 Å². The third-order valence-corrected chi connectivity index (χ3v) is 3.03. The molecule has 0 aromatic heterocycles. The average molecular weight is 208 g/mol. The Kier molecular flexibility index (Phi) is 3.34. The monoisotopic (exact) mass is 208 g/mol. The molecule has 15 heavy (non-hydrogen) atoms. The van der Waals surface area contributed by atoms with Crippen molar-refractivity contribution in [2.45, 2.75) is 12.5 Å². The fourth-order valence-electron chi connectivity index (χ4n) is 1.98. The number of benzene rings is 1. The molecular formula is C12H17FN2. The molecule has 0 bridgehead atoms. The maximum atomic E-state index is 12.7. The van der Waals surface area contributed by atoms with Crippen molar-refractivity contribution in [3.63, 3.8) is 0 Å². The van der Waals surface area contributed by atoms with Gasteiger partial charge in [0, 0.05) is 25.7 Å². The second kappa shape index (κ2) is 4.73. The van der Waals surface area contributed by atoms with Crippen molar-refractivity contribution >= 4 is 0 Å². The Bertz CT molecular complexity index is 310. The van der Waals surface area contributed by atoms with Crippen molar-refractivity contribution in [1.82, 2.24) is 10.2 Å². The molecule has 82 valence electrons. The number of halogens is 1. The number of nitrogens with one attached hydrogen (secondary N) is 1. The first-order valence-corrected chi connectivity index (χ1v) is 5.41. The summed E-state index contributed by atoms with van der Waals surface area (Å²) in [5.41, 5.74) is 1.21. The molecule has 1 atom stereocenters. The van der Waals surface area contributed by atoms with Gasteiger partial charge in [0.25, 0.3) is 0 Å². The van der Waals surface area contributed by atoms with E-state index in [2.05, 4.69) is 17.3 Å². The summed E-state index contributed by atoms with van der Waals surface area (Å²) < 4.78 is 12.7. The summed E-state index contributed by atoms with van der Waals surface area (Å²) in [6, 6.07) is 7.34. The van der Waals surface area contributed by atoms with E-state index in [4.69, 9.17) is 0 Å². The van der Waals surface area contributed by atoms with E-state index in [9.17, 15) is 4.39 Å². The fraction of sp³-hybridized carbons (Fsp3) is 0.500. The number of likely N-dealkylation sites (N-methyl/N-ethyl adjacent to an activating group) is 1. The van der Waals surface area contributed by atoms with Gasteiger partial charge in [-0.05, 0) is 31.2 Å². The van der Waals surface area contributed by atoms with Gasteiger partial charge in [0.2, 0.25) is 0 Å². The summed E-state index contributed by atoms with van der Waals surface area (Å²) in [5.74, 6) is -0.158. The Morgan fingerprint density at radius 1 is 1.40 bits per heavy atom. The van der Waals surface area contributed by atoms with Gasteiger partial charge < -0.3 is 10.2 Å². The topological polar surface area (TPSA) is 15.3 Å². The quantitative estimate of drug-likeness (QED) is 0.787. The van der Waals surface area contributed by atoms with Crippen molar-refractivity contribution in [3.8, 4) is 0 Å². The number of nitrogens with zero attached hydrogens (tertiary/aromatic N) is 1. The van der Waals surface area contributed by atoms with Gasteiger partial charge in [0.15, 0.2) is 0 Å². The van der Waals surface area contributed by atoms with E-state index in [1.54, 1.807) is 0 Å². The van der Waals surface area contributed by atoms with E-state index in [1.807, 2.05) is 12.1 Å². The lowest BCUT2D eigenvalue weighted by molar-refractivity contribution is 0.199. The summed E-state index contributed by atoms with van der Waals surface area (Å²) in [4.78, 5) is 2.36. The van der Waals surface area contributed by atoms with Crippen molar-refractivity contribution in [2.75, 3.05) is 26.7 Å². The molecule has 1 aromatic rings. The van der Waals surface area contributed by atoms with Crippen LogP contribution in [0.5, 0.6) is 0 Å². The normalized spacial score (nSPS) is 22.9. The molecule has 1 heterocycles. The summed E-state index contributed by atoms with van der Waals surface area (Å²) in [5, 5.41) is 3.38. The highest BCUT2D eigenvalue weighted by Gasteiger charge is 2.18. The lowest BCUT2D eigenvalue weighted by Gasteiger charge is -2.33. The van der Waals surface area contributed by atoms with E-state index in [0.717, 1.165) is 26.1 Å². The predicted octanol–water partition coefficient (Wildman–Crippen LogP) is 1.27. The predicted molar refractivity (Wildman–Crippen MR) is 59.4 cm³/mol. The van der Waals surface area contributed by atoms with Crippen LogP contribution in [0.2, 0.25) is 0 Å². The standard InChI is InChI=1S/C12H17FN2/c1-15-7-6-14-9-12(15)8-10-2-4-11(13)5-3-10/h2-5,12,14H,6-9H2,1H3. The Morgan fingerprint density at radius 3 is 2.80 bits per heavy atom. The molecule has 2 rings (SSSR count). The first-order valence-electron chi connectivity index (χ1n) is 5.41. The molecular weight excluding hydrogens is 191 g/mol. The van der Waals surface area contributed by atoms with Crippen LogP contribution in [0.15, 0.2) is 24.3 Å². The summed E-state index contributed by atoms with van der Waals surface area (Å²) in [6.07, 6.45) is 0.990.